The minimum absolute atomic E-state index is 0.0138. The van der Waals surface area contributed by atoms with Crippen LogP contribution in [0.1, 0.15) is 49.9 Å². The maximum atomic E-state index is 12.2. The molecule has 19 heavy (non-hydrogen) atoms. The Balaban J connectivity index is 2.01. The number of nitrogens with one attached hydrogen (secondary N) is 1. The van der Waals surface area contributed by atoms with E-state index in [1.807, 2.05) is 13.0 Å². The third-order valence-corrected chi connectivity index (χ3v) is 4.06. The summed E-state index contributed by atoms with van der Waals surface area (Å²) in [6.45, 7) is 3.53. The smallest absolute Gasteiger partial charge is 0.227 e. The van der Waals surface area contributed by atoms with Crippen LogP contribution in [0.5, 0.6) is 0 Å². The van der Waals surface area contributed by atoms with E-state index in [9.17, 15) is 9.59 Å². The lowest BCUT2D eigenvalue weighted by Crippen LogP contribution is -2.25. The van der Waals surface area contributed by atoms with E-state index in [1.165, 1.54) is 19.8 Å². The largest absolute Gasteiger partial charge is 0.326 e. The number of hydrogen-bond acceptors (Lipinski definition) is 2. The lowest BCUT2D eigenvalue weighted by Gasteiger charge is -2.18. The molecule has 3 nitrogen and oxygen atoms in total. The predicted octanol–water partition coefficient (Wildman–Crippen LogP) is 3.65. The molecule has 1 fully saturated rings. The molecule has 3 heteroatoms. The number of benzene rings is 1. The molecule has 1 aliphatic carbocycles. The van der Waals surface area contributed by atoms with Gasteiger partial charge in [0.2, 0.25) is 5.91 Å². The number of ketones is 1. The molecule has 0 bridgehead atoms. The van der Waals surface area contributed by atoms with Gasteiger partial charge in [-0.1, -0.05) is 31.9 Å². The van der Waals surface area contributed by atoms with Crippen LogP contribution in [-0.2, 0) is 4.79 Å². The third kappa shape index (κ3) is 3.43. The van der Waals surface area contributed by atoms with Crippen LogP contribution >= 0.6 is 0 Å². The maximum absolute atomic E-state index is 12.2. The van der Waals surface area contributed by atoms with E-state index in [4.69, 9.17) is 0 Å². The van der Waals surface area contributed by atoms with Crippen molar-refractivity contribution in [2.24, 2.45) is 11.8 Å². The van der Waals surface area contributed by atoms with Crippen molar-refractivity contribution in [2.45, 2.75) is 39.5 Å². The summed E-state index contributed by atoms with van der Waals surface area (Å²) in [7, 11) is 0. The average molecular weight is 259 g/mol. The zero-order chi connectivity index (χ0) is 13.8. The van der Waals surface area contributed by atoms with Gasteiger partial charge in [0.25, 0.3) is 0 Å². The highest BCUT2D eigenvalue weighted by molar-refractivity contribution is 5.97. The Kier molecular flexibility index (Phi) is 4.35. The SMILES string of the molecule is CC(=O)c1cccc(NC(=O)C(C)C2CCCC2)c1. The van der Waals surface area contributed by atoms with Gasteiger partial charge in [0.1, 0.15) is 0 Å². The summed E-state index contributed by atoms with van der Waals surface area (Å²) >= 11 is 0. The Morgan fingerprint density at radius 3 is 2.58 bits per heavy atom. The molecule has 0 spiro atoms. The van der Waals surface area contributed by atoms with Gasteiger partial charge < -0.3 is 5.32 Å². The van der Waals surface area contributed by atoms with E-state index in [0.717, 1.165) is 12.8 Å². The molecule has 1 aromatic rings. The maximum Gasteiger partial charge on any atom is 0.227 e. The normalized spacial score (nSPS) is 17.2. The topological polar surface area (TPSA) is 46.2 Å². The third-order valence-electron chi connectivity index (χ3n) is 4.06. The fourth-order valence-corrected chi connectivity index (χ4v) is 2.74. The fourth-order valence-electron chi connectivity index (χ4n) is 2.74. The van der Waals surface area contributed by atoms with Gasteiger partial charge in [0.05, 0.1) is 0 Å². The van der Waals surface area contributed by atoms with Crippen LogP contribution in [0.3, 0.4) is 0 Å². The van der Waals surface area contributed by atoms with Crippen molar-refractivity contribution in [3.63, 3.8) is 0 Å². The molecule has 1 aromatic carbocycles. The van der Waals surface area contributed by atoms with Gasteiger partial charge >= 0.3 is 0 Å². The van der Waals surface area contributed by atoms with Crippen LogP contribution in [-0.4, -0.2) is 11.7 Å². The molecule has 0 aliphatic heterocycles. The minimum Gasteiger partial charge on any atom is -0.326 e. The molecule has 0 heterocycles. The van der Waals surface area contributed by atoms with Gasteiger partial charge in [-0.15, -0.1) is 0 Å². The second-order valence-electron chi connectivity index (χ2n) is 5.46. The lowest BCUT2D eigenvalue weighted by molar-refractivity contribution is -0.120. The van der Waals surface area contributed by atoms with Gasteiger partial charge in [0.15, 0.2) is 5.78 Å². The Hall–Kier alpha value is -1.64. The van der Waals surface area contributed by atoms with Crippen LogP contribution in [0.4, 0.5) is 5.69 Å². The molecule has 1 aliphatic rings. The Bertz CT molecular complexity index is 475. The molecular formula is C16H21NO2. The molecule has 0 radical (unpaired) electrons. The van der Waals surface area contributed by atoms with Crippen molar-refractivity contribution in [3.8, 4) is 0 Å². The molecule has 1 unspecified atom stereocenters. The minimum atomic E-state index is 0.0138. The van der Waals surface area contributed by atoms with Crippen LogP contribution in [0, 0.1) is 11.8 Å². The molecule has 0 aromatic heterocycles. The second-order valence-corrected chi connectivity index (χ2v) is 5.46. The number of anilines is 1. The molecule has 1 N–H and O–H groups in total. The Morgan fingerprint density at radius 2 is 1.95 bits per heavy atom. The van der Waals surface area contributed by atoms with Gasteiger partial charge in [0, 0.05) is 17.2 Å². The van der Waals surface area contributed by atoms with Gasteiger partial charge in [-0.25, -0.2) is 0 Å². The Labute approximate surface area is 114 Å². The number of carbonyl (C=O) groups is 2. The first-order chi connectivity index (χ1) is 9.08. The van der Waals surface area contributed by atoms with E-state index in [1.54, 1.807) is 18.2 Å². The van der Waals surface area contributed by atoms with Crippen LogP contribution < -0.4 is 5.32 Å². The van der Waals surface area contributed by atoms with Crippen molar-refractivity contribution in [1.29, 1.82) is 0 Å². The van der Waals surface area contributed by atoms with Gasteiger partial charge in [-0.2, -0.15) is 0 Å². The summed E-state index contributed by atoms with van der Waals surface area (Å²) in [5, 5.41) is 2.92. The van der Waals surface area contributed by atoms with Crippen LogP contribution in [0.2, 0.25) is 0 Å². The number of Topliss-reactive ketones (excluding diaryl/α,β-unsaturated/α-hetero) is 1. The van der Waals surface area contributed by atoms with E-state index in [-0.39, 0.29) is 17.6 Å². The number of amides is 1. The van der Waals surface area contributed by atoms with Crippen molar-refractivity contribution in [3.05, 3.63) is 29.8 Å². The zero-order valence-corrected chi connectivity index (χ0v) is 11.6. The van der Waals surface area contributed by atoms with E-state index in [0.29, 0.717) is 17.2 Å². The van der Waals surface area contributed by atoms with Crippen LogP contribution in [0.25, 0.3) is 0 Å². The quantitative estimate of drug-likeness (QED) is 0.839. The predicted molar refractivity (Wildman–Crippen MR) is 76.2 cm³/mol. The van der Waals surface area contributed by atoms with Crippen molar-refractivity contribution < 1.29 is 9.59 Å². The summed E-state index contributed by atoms with van der Waals surface area (Å²) in [6.07, 6.45) is 4.79. The van der Waals surface area contributed by atoms with Gasteiger partial charge in [-0.05, 0) is 37.8 Å². The first-order valence-electron chi connectivity index (χ1n) is 7.00. The first-order valence-corrected chi connectivity index (χ1v) is 7.00. The molecule has 1 saturated carbocycles. The Morgan fingerprint density at radius 1 is 1.26 bits per heavy atom. The van der Waals surface area contributed by atoms with Crippen molar-refractivity contribution in [2.75, 3.05) is 5.32 Å². The monoisotopic (exact) mass is 259 g/mol. The summed E-state index contributed by atoms with van der Waals surface area (Å²) in [6, 6.07) is 7.12. The fraction of sp³-hybridized carbons (Fsp3) is 0.500. The molecular weight excluding hydrogens is 238 g/mol. The average Bonchev–Trinajstić information content (AvgIpc) is 2.92. The highest BCUT2D eigenvalue weighted by Crippen LogP contribution is 2.31. The molecule has 1 amide bonds. The summed E-state index contributed by atoms with van der Waals surface area (Å²) in [4.78, 5) is 23.5. The number of rotatable bonds is 4. The van der Waals surface area contributed by atoms with Crippen LogP contribution in [0.15, 0.2) is 24.3 Å². The van der Waals surface area contributed by atoms with E-state index in [2.05, 4.69) is 5.32 Å². The standard InChI is InChI=1S/C16H21NO2/c1-11(13-6-3-4-7-13)16(19)17-15-9-5-8-14(10-15)12(2)18/h5,8-11,13H,3-4,6-7H2,1-2H3,(H,17,19). The van der Waals surface area contributed by atoms with Crippen molar-refractivity contribution in [1.82, 2.24) is 0 Å². The van der Waals surface area contributed by atoms with Gasteiger partial charge in [-0.3, -0.25) is 9.59 Å². The number of carbonyl (C=O) groups excluding carboxylic acids is 2. The molecule has 102 valence electrons. The highest BCUT2D eigenvalue weighted by Gasteiger charge is 2.26. The highest BCUT2D eigenvalue weighted by atomic mass is 16.2. The first kappa shape index (κ1) is 13.8. The summed E-state index contributed by atoms with van der Waals surface area (Å²) < 4.78 is 0. The molecule has 2 rings (SSSR count). The lowest BCUT2D eigenvalue weighted by atomic mass is 9.92. The summed E-state index contributed by atoms with van der Waals surface area (Å²) in [5.41, 5.74) is 1.34. The van der Waals surface area contributed by atoms with E-state index < -0.39 is 0 Å². The van der Waals surface area contributed by atoms with Crippen molar-refractivity contribution >= 4 is 17.4 Å². The number of hydrogen-bond donors (Lipinski definition) is 1. The zero-order valence-electron chi connectivity index (χ0n) is 11.6. The summed E-state index contributed by atoms with van der Waals surface area (Å²) in [5.74, 6) is 0.631. The second kappa shape index (κ2) is 6.00. The molecule has 0 saturated heterocycles. The van der Waals surface area contributed by atoms with E-state index >= 15 is 0 Å². The molecule has 1 atom stereocenters.